The standard InChI is InChI=1S/C11H8N2/c1-9(11(7-12)8-13)10-5-3-2-4-6-10/h2-6H,1H3/i1D. The summed E-state index contributed by atoms with van der Waals surface area (Å²) < 4.78 is 7.27. The van der Waals surface area contributed by atoms with Gasteiger partial charge in [0.2, 0.25) is 0 Å². The van der Waals surface area contributed by atoms with E-state index in [2.05, 4.69) is 0 Å². The summed E-state index contributed by atoms with van der Waals surface area (Å²) in [6, 6.07) is 12.7. The van der Waals surface area contributed by atoms with E-state index in [9.17, 15) is 0 Å². The van der Waals surface area contributed by atoms with Crippen LogP contribution in [-0.4, -0.2) is 0 Å². The Balaban J connectivity index is 3.26. The maximum Gasteiger partial charge on any atom is 0.133 e. The predicted octanol–water partition coefficient (Wildman–Crippen LogP) is 2.51. The van der Waals surface area contributed by atoms with Crippen LogP contribution in [0.25, 0.3) is 5.57 Å². The van der Waals surface area contributed by atoms with Gasteiger partial charge in [-0.15, -0.1) is 0 Å². The lowest BCUT2D eigenvalue weighted by molar-refractivity contribution is 1.44. The van der Waals surface area contributed by atoms with Crippen molar-refractivity contribution >= 4 is 5.57 Å². The molecule has 1 aromatic rings. The summed E-state index contributed by atoms with van der Waals surface area (Å²) in [5.41, 5.74) is 1.27. The van der Waals surface area contributed by atoms with E-state index in [1.807, 2.05) is 18.2 Å². The maximum atomic E-state index is 8.68. The Labute approximate surface area is 78.8 Å². The Morgan fingerprint density at radius 1 is 1.23 bits per heavy atom. The van der Waals surface area contributed by atoms with E-state index in [0.717, 1.165) is 5.56 Å². The number of nitriles is 2. The number of allylic oxidation sites excluding steroid dienone is 2. The lowest BCUT2D eigenvalue weighted by Gasteiger charge is -1.99. The summed E-state index contributed by atoms with van der Waals surface area (Å²) in [6.45, 7) is -0.0551. The van der Waals surface area contributed by atoms with Crippen LogP contribution in [0.2, 0.25) is 0 Å². The lowest BCUT2D eigenvalue weighted by Crippen LogP contribution is -1.83. The van der Waals surface area contributed by atoms with Crippen molar-refractivity contribution < 1.29 is 1.37 Å². The smallest absolute Gasteiger partial charge is 0.133 e. The Kier molecular flexibility index (Phi) is 2.38. The second kappa shape index (κ2) is 4.09. The van der Waals surface area contributed by atoms with Gasteiger partial charge in [0.25, 0.3) is 0 Å². The van der Waals surface area contributed by atoms with E-state index >= 15 is 0 Å². The summed E-state index contributed by atoms with van der Waals surface area (Å²) >= 11 is 0. The van der Waals surface area contributed by atoms with Crippen LogP contribution in [0.4, 0.5) is 0 Å². The molecule has 2 nitrogen and oxygen atoms in total. The third kappa shape index (κ3) is 1.95. The van der Waals surface area contributed by atoms with E-state index in [0.29, 0.717) is 5.57 Å². The average molecular weight is 169 g/mol. The van der Waals surface area contributed by atoms with Crippen molar-refractivity contribution in [3.63, 3.8) is 0 Å². The molecule has 62 valence electrons. The zero-order valence-corrected chi connectivity index (χ0v) is 6.99. The van der Waals surface area contributed by atoms with Crippen LogP contribution >= 0.6 is 0 Å². The van der Waals surface area contributed by atoms with Crippen molar-refractivity contribution in [2.75, 3.05) is 0 Å². The summed E-state index contributed by atoms with van der Waals surface area (Å²) in [7, 11) is 0. The SMILES string of the molecule is [2H]CC(=C(C#N)C#N)c1ccccc1. The normalized spacial score (nSPS) is 9.23. The van der Waals surface area contributed by atoms with Gasteiger partial charge in [0.15, 0.2) is 0 Å². The molecule has 0 bridgehead atoms. The van der Waals surface area contributed by atoms with Gasteiger partial charge in [-0.3, -0.25) is 0 Å². The Hall–Kier alpha value is -2.06. The minimum atomic E-state index is -0.0551. The van der Waals surface area contributed by atoms with Crippen LogP contribution in [0.15, 0.2) is 35.9 Å². The number of hydrogen-bond acceptors (Lipinski definition) is 2. The van der Waals surface area contributed by atoms with Crippen molar-refractivity contribution in [2.45, 2.75) is 6.90 Å². The molecule has 2 heteroatoms. The summed E-state index contributed by atoms with van der Waals surface area (Å²) in [4.78, 5) is 0. The second-order valence-corrected chi connectivity index (χ2v) is 2.44. The van der Waals surface area contributed by atoms with Crippen molar-refractivity contribution in [1.82, 2.24) is 0 Å². The quantitative estimate of drug-likeness (QED) is 0.606. The number of hydrogen-bond donors (Lipinski definition) is 0. The molecule has 0 unspecified atom stereocenters. The fourth-order valence-corrected chi connectivity index (χ4v) is 0.944. The first-order chi connectivity index (χ1) is 6.83. The molecule has 0 aliphatic heterocycles. The molecule has 0 aliphatic rings. The first-order valence-corrected chi connectivity index (χ1v) is 3.71. The van der Waals surface area contributed by atoms with Crippen molar-refractivity contribution in [3.8, 4) is 12.1 Å². The minimum absolute atomic E-state index is 0.0196. The van der Waals surface area contributed by atoms with Crippen LogP contribution in [0, 0.1) is 22.7 Å². The molecular formula is C11H8N2. The van der Waals surface area contributed by atoms with Crippen LogP contribution in [-0.2, 0) is 0 Å². The third-order valence-corrected chi connectivity index (χ3v) is 1.65. The van der Waals surface area contributed by atoms with Gasteiger partial charge in [-0.2, -0.15) is 10.5 Å². The van der Waals surface area contributed by atoms with Gasteiger partial charge in [-0.1, -0.05) is 30.3 Å². The molecule has 0 saturated heterocycles. The fraction of sp³-hybridized carbons (Fsp3) is 0.0909. The molecule has 0 fully saturated rings. The highest BCUT2D eigenvalue weighted by atomic mass is 14.3. The van der Waals surface area contributed by atoms with E-state index in [1.165, 1.54) is 0 Å². The number of nitrogens with zero attached hydrogens (tertiary/aromatic N) is 2. The van der Waals surface area contributed by atoms with Gasteiger partial charge >= 0.3 is 0 Å². The van der Waals surface area contributed by atoms with Gasteiger partial charge in [-0.25, -0.2) is 0 Å². The molecule has 1 rings (SSSR count). The van der Waals surface area contributed by atoms with E-state index in [1.54, 1.807) is 24.3 Å². The van der Waals surface area contributed by atoms with Gasteiger partial charge < -0.3 is 0 Å². The maximum absolute atomic E-state index is 8.68. The highest BCUT2D eigenvalue weighted by Crippen LogP contribution is 2.16. The number of benzene rings is 1. The van der Waals surface area contributed by atoms with Crippen molar-refractivity contribution in [2.24, 2.45) is 0 Å². The zero-order valence-electron chi connectivity index (χ0n) is 7.99. The highest BCUT2D eigenvalue weighted by molar-refractivity contribution is 5.73. The van der Waals surface area contributed by atoms with Gasteiger partial charge in [0.1, 0.15) is 17.7 Å². The first-order valence-electron chi connectivity index (χ1n) is 4.42. The van der Waals surface area contributed by atoms with E-state index in [4.69, 9.17) is 11.9 Å². The molecular weight excluding hydrogens is 160 g/mol. The lowest BCUT2D eigenvalue weighted by atomic mass is 10.0. The topological polar surface area (TPSA) is 47.6 Å². The van der Waals surface area contributed by atoms with Crippen molar-refractivity contribution in [3.05, 3.63) is 41.5 Å². The van der Waals surface area contributed by atoms with Crippen LogP contribution in [0.1, 0.15) is 13.8 Å². The van der Waals surface area contributed by atoms with E-state index in [-0.39, 0.29) is 12.5 Å². The largest absolute Gasteiger partial charge is 0.192 e. The molecule has 0 saturated carbocycles. The van der Waals surface area contributed by atoms with E-state index < -0.39 is 0 Å². The zero-order chi connectivity index (χ0) is 10.4. The minimum Gasteiger partial charge on any atom is -0.192 e. The average Bonchev–Trinajstić information content (AvgIpc) is 2.27. The highest BCUT2D eigenvalue weighted by Gasteiger charge is 2.01. The van der Waals surface area contributed by atoms with Gasteiger partial charge in [0.05, 0.1) is 0 Å². The van der Waals surface area contributed by atoms with Crippen molar-refractivity contribution in [1.29, 1.82) is 10.5 Å². The molecule has 0 heterocycles. The summed E-state index contributed by atoms with van der Waals surface area (Å²) in [5, 5.41) is 17.4. The Morgan fingerprint density at radius 2 is 1.85 bits per heavy atom. The predicted molar refractivity (Wildman–Crippen MR) is 50.3 cm³/mol. The second-order valence-electron chi connectivity index (χ2n) is 2.44. The molecule has 0 spiro atoms. The molecule has 0 atom stereocenters. The molecule has 0 radical (unpaired) electrons. The molecule has 0 aromatic heterocycles. The van der Waals surface area contributed by atoms with Crippen LogP contribution < -0.4 is 0 Å². The molecule has 0 amide bonds. The Morgan fingerprint density at radius 3 is 2.31 bits per heavy atom. The first kappa shape index (κ1) is 7.58. The van der Waals surface area contributed by atoms with Crippen LogP contribution in [0.5, 0.6) is 0 Å². The summed E-state index contributed by atoms with van der Waals surface area (Å²) in [5.74, 6) is 0. The van der Waals surface area contributed by atoms with Crippen LogP contribution in [0.3, 0.4) is 0 Å². The molecule has 1 aromatic carbocycles. The monoisotopic (exact) mass is 169 g/mol. The molecule has 0 aliphatic carbocycles. The molecule has 0 N–H and O–H groups in total. The van der Waals surface area contributed by atoms with Gasteiger partial charge in [0, 0.05) is 1.37 Å². The number of rotatable bonds is 1. The Bertz CT molecular complexity index is 405. The van der Waals surface area contributed by atoms with Gasteiger partial charge in [-0.05, 0) is 18.0 Å². The summed E-state index contributed by atoms with van der Waals surface area (Å²) in [6.07, 6.45) is 0. The molecule has 13 heavy (non-hydrogen) atoms. The fourth-order valence-electron chi connectivity index (χ4n) is 0.944. The third-order valence-electron chi connectivity index (χ3n) is 1.65.